The molecule has 26 heavy (non-hydrogen) atoms. The third kappa shape index (κ3) is 2.21. The van der Waals surface area contributed by atoms with E-state index in [1.807, 2.05) is 0 Å². The van der Waals surface area contributed by atoms with Gasteiger partial charge in [-0.1, -0.05) is 13.8 Å². The van der Waals surface area contributed by atoms with Gasteiger partial charge < -0.3 is 18.0 Å². The number of hydrogen-bond donors (Lipinski definition) is 0. The van der Waals surface area contributed by atoms with Gasteiger partial charge in [0.15, 0.2) is 0 Å². The van der Waals surface area contributed by atoms with Crippen molar-refractivity contribution in [2.24, 2.45) is 47.3 Å². The Labute approximate surface area is 159 Å². The highest BCUT2D eigenvalue weighted by Gasteiger charge is 2.75. The molecule has 5 aliphatic rings. The molecule has 0 spiro atoms. The van der Waals surface area contributed by atoms with Gasteiger partial charge in [-0.15, -0.1) is 0 Å². The molecule has 148 valence electrons. The van der Waals surface area contributed by atoms with Crippen molar-refractivity contribution in [1.82, 2.24) is 0 Å². The summed E-state index contributed by atoms with van der Waals surface area (Å²) in [6, 6.07) is 0. The first kappa shape index (κ1) is 18.1. The minimum absolute atomic E-state index is 0.399. The van der Waals surface area contributed by atoms with Crippen LogP contribution in [-0.2, 0) is 18.0 Å². The van der Waals surface area contributed by atoms with Crippen LogP contribution in [0, 0.1) is 47.3 Å². The maximum absolute atomic E-state index is 6.30. The molecule has 5 rings (SSSR count). The monoisotopic (exact) mass is 380 g/mol. The van der Waals surface area contributed by atoms with Gasteiger partial charge in [0, 0.05) is 25.4 Å². The van der Waals surface area contributed by atoms with Crippen LogP contribution >= 0.6 is 0 Å². The van der Waals surface area contributed by atoms with Crippen LogP contribution < -0.4 is 0 Å². The van der Waals surface area contributed by atoms with Gasteiger partial charge in [0.25, 0.3) is 0 Å². The van der Waals surface area contributed by atoms with Crippen molar-refractivity contribution in [2.75, 3.05) is 19.8 Å². The van der Waals surface area contributed by atoms with Crippen molar-refractivity contribution in [3.05, 3.63) is 0 Å². The number of epoxide rings is 1. The number of rotatable bonds is 8. The zero-order chi connectivity index (χ0) is 18.2. The summed E-state index contributed by atoms with van der Waals surface area (Å²) >= 11 is 0. The van der Waals surface area contributed by atoms with E-state index in [1.165, 1.54) is 12.8 Å². The van der Waals surface area contributed by atoms with Crippen LogP contribution in [0.15, 0.2) is 0 Å². The van der Waals surface area contributed by atoms with E-state index in [0.29, 0.717) is 43.5 Å². The Morgan fingerprint density at radius 1 is 0.846 bits per heavy atom. The Morgan fingerprint density at radius 2 is 1.42 bits per heavy atom. The molecular weight excluding hydrogens is 344 g/mol. The van der Waals surface area contributed by atoms with E-state index < -0.39 is 8.80 Å². The zero-order valence-electron chi connectivity index (χ0n) is 17.0. The van der Waals surface area contributed by atoms with E-state index in [4.69, 9.17) is 18.0 Å². The molecule has 4 bridgehead atoms. The molecule has 11 atom stereocenters. The SMILES string of the molecule is CCO[Si](OCC)(OCC)C(C)C1CC2C(C)C1C1C3CC(C4OC34)C21. The number of ether oxygens (including phenoxy) is 1. The molecular formula is C21H36O4Si. The molecule has 0 amide bonds. The summed E-state index contributed by atoms with van der Waals surface area (Å²) in [5, 5.41) is 0. The lowest BCUT2D eigenvalue weighted by molar-refractivity contribution is 0.0385. The Kier molecular flexibility index (Phi) is 4.37. The predicted molar refractivity (Wildman–Crippen MR) is 102 cm³/mol. The van der Waals surface area contributed by atoms with Crippen LogP contribution in [0.3, 0.4) is 0 Å². The fourth-order valence-corrected chi connectivity index (χ4v) is 11.4. The van der Waals surface area contributed by atoms with E-state index in [1.54, 1.807) is 0 Å². The van der Waals surface area contributed by atoms with Crippen LogP contribution in [0.4, 0.5) is 0 Å². The van der Waals surface area contributed by atoms with Crippen molar-refractivity contribution in [3.63, 3.8) is 0 Å². The summed E-state index contributed by atoms with van der Waals surface area (Å²) in [6.45, 7) is 13.2. The van der Waals surface area contributed by atoms with Gasteiger partial charge in [0.2, 0.25) is 0 Å². The van der Waals surface area contributed by atoms with Gasteiger partial charge in [-0.2, -0.15) is 0 Å². The second-order valence-corrected chi connectivity index (χ2v) is 12.5. The molecule has 0 aromatic carbocycles. The Morgan fingerprint density at radius 3 is 2.00 bits per heavy atom. The first-order valence-electron chi connectivity index (χ1n) is 11.1. The van der Waals surface area contributed by atoms with Gasteiger partial charge in [-0.05, 0) is 81.0 Å². The topological polar surface area (TPSA) is 40.2 Å². The first-order chi connectivity index (χ1) is 12.6. The van der Waals surface area contributed by atoms with Crippen molar-refractivity contribution < 1.29 is 18.0 Å². The smallest absolute Gasteiger partial charge is 0.374 e. The standard InChI is InChI=1S/C21H36O4Si/c1-6-22-26(23-7-2,24-8-3)12(5)14-9-13-11(4)17(14)19-16-10-15(18(13)19)20-21(16)25-20/h11-21H,6-10H2,1-5H3. The van der Waals surface area contributed by atoms with Gasteiger partial charge in [0.05, 0.1) is 12.2 Å². The lowest BCUT2D eigenvalue weighted by Gasteiger charge is -2.43. The first-order valence-corrected chi connectivity index (χ1v) is 12.9. The second-order valence-electron chi connectivity index (χ2n) is 9.47. The Bertz CT molecular complexity index is 539. The zero-order valence-corrected chi connectivity index (χ0v) is 18.0. The summed E-state index contributed by atoms with van der Waals surface area (Å²) in [4.78, 5) is 0. The summed E-state index contributed by atoms with van der Waals surface area (Å²) < 4.78 is 24.9. The minimum Gasteiger partial charge on any atom is -0.374 e. The van der Waals surface area contributed by atoms with Crippen LogP contribution in [0.25, 0.3) is 0 Å². The number of fused-ring (bicyclic) bond motifs is 12. The third-order valence-electron chi connectivity index (χ3n) is 8.88. The van der Waals surface area contributed by atoms with E-state index in [9.17, 15) is 0 Å². The highest BCUT2D eigenvalue weighted by Crippen LogP contribution is 2.75. The van der Waals surface area contributed by atoms with Crippen molar-refractivity contribution in [3.8, 4) is 0 Å². The van der Waals surface area contributed by atoms with Gasteiger partial charge >= 0.3 is 8.80 Å². The maximum atomic E-state index is 6.30. The molecule has 0 aromatic heterocycles. The van der Waals surface area contributed by atoms with Crippen LogP contribution in [0.2, 0.25) is 5.54 Å². The maximum Gasteiger partial charge on any atom is 0.504 e. The highest BCUT2D eigenvalue weighted by molar-refractivity contribution is 6.62. The fraction of sp³-hybridized carbons (Fsp3) is 1.00. The van der Waals surface area contributed by atoms with Gasteiger partial charge in [-0.25, -0.2) is 0 Å². The van der Waals surface area contributed by atoms with Gasteiger partial charge in [-0.3, -0.25) is 0 Å². The summed E-state index contributed by atoms with van der Waals surface area (Å²) in [5.74, 6) is 6.88. The van der Waals surface area contributed by atoms with Crippen molar-refractivity contribution >= 4 is 8.80 Å². The molecule has 0 N–H and O–H groups in total. The van der Waals surface area contributed by atoms with E-state index in [-0.39, 0.29) is 0 Å². The van der Waals surface area contributed by atoms with Gasteiger partial charge in [0.1, 0.15) is 0 Å². The second kappa shape index (κ2) is 6.28. The minimum atomic E-state index is -2.63. The van der Waals surface area contributed by atoms with Crippen molar-refractivity contribution in [2.45, 2.75) is 65.2 Å². The molecule has 1 heterocycles. The third-order valence-corrected chi connectivity index (χ3v) is 12.5. The largest absolute Gasteiger partial charge is 0.504 e. The number of hydrogen-bond acceptors (Lipinski definition) is 4. The Balaban J connectivity index is 1.42. The quantitative estimate of drug-likeness (QED) is 0.363. The van der Waals surface area contributed by atoms with Crippen LogP contribution in [0.5, 0.6) is 0 Å². The Hall–Kier alpha value is 0.0569. The highest BCUT2D eigenvalue weighted by atomic mass is 28.4. The summed E-state index contributed by atoms with van der Waals surface area (Å²) in [5.41, 5.74) is 0.399. The van der Waals surface area contributed by atoms with E-state index in [2.05, 4.69) is 34.6 Å². The average Bonchev–Trinajstić information content (AvgIpc) is 2.93. The van der Waals surface area contributed by atoms with E-state index >= 15 is 0 Å². The predicted octanol–water partition coefficient (Wildman–Crippen LogP) is 3.98. The molecule has 1 aliphatic heterocycles. The van der Waals surface area contributed by atoms with Crippen molar-refractivity contribution in [1.29, 1.82) is 0 Å². The molecule has 0 aromatic rings. The lowest BCUT2D eigenvalue weighted by Crippen LogP contribution is -2.53. The molecule has 4 nitrogen and oxygen atoms in total. The summed E-state index contributed by atoms with van der Waals surface area (Å²) in [7, 11) is -2.63. The van der Waals surface area contributed by atoms with E-state index in [0.717, 1.165) is 41.4 Å². The van der Waals surface area contributed by atoms with Crippen LogP contribution in [0.1, 0.15) is 47.5 Å². The molecule has 1 saturated heterocycles. The normalized spacial score (nSPS) is 51.6. The molecule has 5 heteroatoms. The molecule has 4 saturated carbocycles. The molecule has 4 aliphatic carbocycles. The summed E-state index contributed by atoms with van der Waals surface area (Å²) in [6.07, 6.45) is 4.08. The van der Waals surface area contributed by atoms with Crippen LogP contribution in [-0.4, -0.2) is 40.8 Å². The lowest BCUT2D eigenvalue weighted by atomic mass is 9.67. The molecule has 11 unspecified atom stereocenters. The molecule has 0 radical (unpaired) electrons. The fourth-order valence-electron chi connectivity index (χ4n) is 8.30. The molecule has 5 fully saturated rings. The average molecular weight is 381 g/mol.